The molecular formula is C27H43IO5. The summed E-state index contributed by atoms with van der Waals surface area (Å²) in [7, 11) is 0. The van der Waals surface area contributed by atoms with Crippen LogP contribution in [0.15, 0.2) is 0 Å². The molecule has 2 unspecified atom stereocenters. The lowest BCUT2D eigenvalue weighted by atomic mass is 10.2. The number of ether oxygens (including phenoxy) is 4. The Balaban J connectivity index is -0.000000368. The fourth-order valence-corrected chi connectivity index (χ4v) is 2.61. The van der Waals surface area contributed by atoms with Gasteiger partial charge in [0.15, 0.2) is 12.6 Å². The topological polar surface area (TPSA) is 57.2 Å². The third kappa shape index (κ3) is 35.5. The summed E-state index contributed by atoms with van der Waals surface area (Å²) in [6.07, 6.45) is 11.6. The van der Waals surface area contributed by atoms with Crippen LogP contribution in [-0.4, -0.2) is 55.1 Å². The standard InChI is InChI=1S/C9H14O2.C7H14O2.C4H5I.C4H6O.C3H4/c1-2-3-7-10-9-6-4-5-8-11-9;1-2-8-7-5-3-4-6-9-7;2*1-2-3-4-5;1-3-2/h9H,4-8H2,1H3;7H,2-6H2,1H3;4H2,1H3;5H,4H2,1H3;1H,2H3. The lowest BCUT2D eigenvalue weighted by molar-refractivity contribution is -0.159. The molecule has 1 N–H and O–H groups in total. The number of terminal acetylenes is 1. The molecule has 2 rings (SSSR count). The van der Waals surface area contributed by atoms with E-state index in [9.17, 15) is 0 Å². The van der Waals surface area contributed by atoms with E-state index in [0.717, 1.165) is 37.1 Å². The van der Waals surface area contributed by atoms with Gasteiger partial charge in [-0.15, -0.1) is 30.1 Å². The summed E-state index contributed by atoms with van der Waals surface area (Å²) >= 11 is 2.21. The van der Waals surface area contributed by atoms with Crippen LogP contribution in [0.3, 0.4) is 0 Å². The molecule has 0 aromatic rings. The van der Waals surface area contributed by atoms with Crippen molar-refractivity contribution in [3.8, 4) is 47.9 Å². The first kappa shape index (κ1) is 36.3. The van der Waals surface area contributed by atoms with Crippen LogP contribution in [0, 0.1) is 47.9 Å². The molecule has 2 saturated heterocycles. The minimum absolute atomic E-state index is 0.00426. The average Bonchev–Trinajstić information content (AvgIpc) is 2.84. The first-order valence-electron chi connectivity index (χ1n) is 11.3. The molecule has 0 saturated carbocycles. The molecule has 0 aliphatic carbocycles. The zero-order chi connectivity index (χ0) is 25.4. The van der Waals surface area contributed by atoms with Gasteiger partial charge in [-0.2, -0.15) is 0 Å². The van der Waals surface area contributed by atoms with E-state index in [-0.39, 0.29) is 19.2 Å². The highest BCUT2D eigenvalue weighted by Crippen LogP contribution is 2.13. The number of alkyl halides is 1. The molecule has 0 amide bonds. The van der Waals surface area contributed by atoms with Crippen LogP contribution in [0.4, 0.5) is 0 Å². The highest BCUT2D eigenvalue weighted by Gasteiger charge is 2.13. The minimum atomic E-state index is -0.0174. The summed E-state index contributed by atoms with van der Waals surface area (Å²) in [5, 5.41) is 7.89. The van der Waals surface area contributed by atoms with Crippen molar-refractivity contribution in [1.82, 2.24) is 0 Å². The Kier molecular flexibility index (Phi) is 38.9. The van der Waals surface area contributed by atoms with Crippen LogP contribution in [-0.2, 0) is 18.9 Å². The first-order valence-corrected chi connectivity index (χ1v) is 12.8. The van der Waals surface area contributed by atoms with Gasteiger partial charge in [0.2, 0.25) is 0 Å². The summed E-state index contributed by atoms with van der Waals surface area (Å²) in [4.78, 5) is 0. The van der Waals surface area contributed by atoms with Gasteiger partial charge in [-0.3, -0.25) is 0 Å². The molecule has 2 aliphatic rings. The number of rotatable bonds is 4. The predicted molar refractivity (Wildman–Crippen MR) is 146 cm³/mol. The van der Waals surface area contributed by atoms with Crippen LogP contribution in [0.2, 0.25) is 0 Å². The Morgan fingerprint density at radius 1 is 0.848 bits per heavy atom. The minimum Gasteiger partial charge on any atom is -0.384 e. The molecule has 6 heteroatoms. The number of hydrogen-bond donors (Lipinski definition) is 1. The van der Waals surface area contributed by atoms with Crippen LogP contribution in [0.5, 0.6) is 0 Å². The summed E-state index contributed by atoms with van der Waals surface area (Å²) in [6, 6.07) is 0. The Bertz CT molecular complexity index is 575. The van der Waals surface area contributed by atoms with E-state index in [1.54, 1.807) is 13.8 Å². The van der Waals surface area contributed by atoms with Gasteiger partial charge >= 0.3 is 0 Å². The highest BCUT2D eigenvalue weighted by atomic mass is 127. The Morgan fingerprint density at radius 3 is 1.61 bits per heavy atom. The van der Waals surface area contributed by atoms with E-state index in [0.29, 0.717) is 6.61 Å². The second kappa shape index (κ2) is 35.4. The van der Waals surface area contributed by atoms with Gasteiger partial charge in [0, 0.05) is 19.8 Å². The lowest BCUT2D eigenvalue weighted by Gasteiger charge is -2.21. The summed E-state index contributed by atoms with van der Waals surface area (Å²) in [5.74, 6) is 18.4. The van der Waals surface area contributed by atoms with Crippen LogP contribution in [0.1, 0.15) is 73.1 Å². The van der Waals surface area contributed by atoms with E-state index in [2.05, 4.69) is 70.5 Å². The van der Waals surface area contributed by atoms with Crippen molar-refractivity contribution in [1.29, 1.82) is 0 Å². The molecule has 0 spiro atoms. The van der Waals surface area contributed by atoms with Crippen molar-refractivity contribution in [2.45, 2.75) is 85.7 Å². The molecule has 0 radical (unpaired) electrons. The lowest BCUT2D eigenvalue weighted by Crippen LogP contribution is -2.22. The van der Waals surface area contributed by atoms with Crippen molar-refractivity contribution in [3.63, 3.8) is 0 Å². The zero-order valence-electron chi connectivity index (χ0n) is 21.2. The molecule has 33 heavy (non-hydrogen) atoms. The fourth-order valence-electron chi connectivity index (χ4n) is 2.22. The van der Waals surface area contributed by atoms with Gasteiger partial charge < -0.3 is 24.1 Å². The normalized spacial score (nSPS) is 17.5. The van der Waals surface area contributed by atoms with E-state index in [1.165, 1.54) is 25.7 Å². The third-order valence-corrected chi connectivity index (χ3v) is 4.03. The molecule has 2 aliphatic heterocycles. The molecular weight excluding hydrogens is 531 g/mol. The van der Waals surface area contributed by atoms with Crippen LogP contribution in [0.25, 0.3) is 0 Å². The summed E-state index contributed by atoms with van der Waals surface area (Å²) in [5.41, 5.74) is 0. The monoisotopic (exact) mass is 574 g/mol. The first-order chi connectivity index (χ1) is 16.1. The number of hydrogen-bond acceptors (Lipinski definition) is 5. The predicted octanol–water partition coefficient (Wildman–Crippen LogP) is 5.19. The van der Waals surface area contributed by atoms with Gasteiger partial charge in [0.05, 0.1) is 4.43 Å². The van der Waals surface area contributed by atoms with Gasteiger partial charge in [-0.25, -0.2) is 0 Å². The van der Waals surface area contributed by atoms with E-state index in [1.807, 2.05) is 20.8 Å². The van der Waals surface area contributed by atoms with Crippen molar-refractivity contribution in [2.24, 2.45) is 0 Å². The van der Waals surface area contributed by atoms with Crippen molar-refractivity contribution < 1.29 is 24.1 Å². The molecule has 0 aromatic carbocycles. The van der Waals surface area contributed by atoms with E-state index < -0.39 is 0 Å². The molecule has 188 valence electrons. The van der Waals surface area contributed by atoms with Gasteiger partial charge in [0.1, 0.15) is 13.2 Å². The van der Waals surface area contributed by atoms with E-state index >= 15 is 0 Å². The SMILES string of the molecule is C#CC.CC#CCI.CC#CCO.CC#CCOC1CCCCO1.CCOC1CCCCO1. The average molecular weight is 575 g/mol. The Hall–Kier alpha value is -1.23. The van der Waals surface area contributed by atoms with Gasteiger partial charge in [-0.05, 0) is 73.1 Å². The van der Waals surface area contributed by atoms with Gasteiger partial charge in [-0.1, -0.05) is 40.4 Å². The van der Waals surface area contributed by atoms with Crippen molar-refractivity contribution >= 4 is 22.6 Å². The van der Waals surface area contributed by atoms with Crippen LogP contribution >= 0.6 is 22.6 Å². The van der Waals surface area contributed by atoms with Crippen molar-refractivity contribution in [2.75, 3.05) is 37.5 Å². The molecule has 0 aromatic heterocycles. The Morgan fingerprint density at radius 2 is 1.33 bits per heavy atom. The largest absolute Gasteiger partial charge is 0.384 e. The molecule has 2 atom stereocenters. The fraction of sp³-hybridized carbons (Fsp3) is 0.704. The van der Waals surface area contributed by atoms with E-state index in [4.69, 9.17) is 24.1 Å². The smallest absolute Gasteiger partial charge is 0.158 e. The molecule has 2 fully saturated rings. The molecule has 0 bridgehead atoms. The van der Waals surface area contributed by atoms with Crippen molar-refractivity contribution in [3.05, 3.63) is 0 Å². The number of aliphatic hydroxyl groups excluding tert-OH is 1. The second-order valence-corrected chi connectivity index (χ2v) is 6.98. The zero-order valence-corrected chi connectivity index (χ0v) is 23.3. The van der Waals surface area contributed by atoms with Gasteiger partial charge in [0.25, 0.3) is 0 Å². The quantitative estimate of drug-likeness (QED) is 0.285. The highest BCUT2D eigenvalue weighted by molar-refractivity contribution is 14.1. The molecule has 2 heterocycles. The number of aliphatic hydroxyl groups is 1. The summed E-state index contributed by atoms with van der Waals surface area (Å²) < 4.78 is 22.2. The maximum atomic E-state index is 7.89. The summed E-state index contributed by atoms with van der Waals surface area (Å²) in [6.45, 7) is 12.0. The number of halogens is 1. The molecule has 5 nitrogen and oxygen atoms in total. The second-order valence-electron chi connectivity index (χ2n) is 6.22. The maximum absolute atomic E-state index is 7.89. The maximum Gasteiger partial charge on any atom is 0.158 e. The Labute approximate surface area is 217 Å². The van der Waals surface area contributed by atoms with Crippen LogP contribution < -0.4 is 0 Å². The third-order valence-electron chi connectivity index (χ3n) is 3.65.